The molecule has 0 unspecified atom stereocenters. The zero-order valence-electron chi connectivity index (χ0n) is 11.4. The summed E-state index contributed by atoms with van der Waals surface area (Å²) in [7, 11) is 0. The van der Waals surface area contributed by atoms with Crippen molar-refractivity contribution >= 4 is 29.3 Å². The lowest BCUT2D eigenvalue weighted by atomic mass is 9.77. The molecule has 1 aromatic rings. The summed E-state index contributed by atoms with van der Waals surface area (Å²) in [6.07, 6.45) is 2.08. The Labute approximate surface area is 122 Å². The van der Waals surface area contributed by atoms with Crippen LogP contribution in [-0.2, 0) is 4.79 Å². The Hall–Kier alpha value is -1.81. The first-order valence-electron chi connectivity index (χ1n) is 6.26. The average molecular weight is 294 g/mol. The molecule has 1 aliphatic rings. The number of benzene rings is 1. The fraction of sp³-hybridized carbons (Fsp3) is 0.333. The number of phenols is 1. The highest BCUT2D eigenvalue weighted by Crippen LogP contribution is 2.36. The van der Waals surface area contributed by atoms with Gasteiger partial charge in [-0.15, -0.1) is 0 Å². The van der Waals surface area contributed by atoms with Crippen LogP contribution in [0.1, 0.15) is 26.7 Å². The second-order valence-electron chi connectivity index (χ2n) is 5.69. The maximum atomic E-state index is 12.0. The number of hydrogen-bond acceptors (Lipinski definition) is 4. The molecule has 0 aliphatic heterocycles. The minimum absolute atomic E-state index is 0.0330. The van der Waals surface area contributed by atoms with Crippen molar-refractivity contribution in [1.82, 2.24) is 0 Å². The third-order valence-corrected chi connectivity index (χ3v) is 3.40. The molecule has 0 radical (unpaired) electrons. The van der Waals surface area contributed by atoms with Crippen LogP contribution in [0.3, 0.4) is 0 Å². The van der Waals surface area contributed by atoms with Gasteiger partial charge in [-0.1, -0.05) is 25.4 Å². The van der Waals surface area contributed by atoms with E-state index in [9.17, 15) is 15.0 Å². The lowest BCUT2D eigenvalue weighted by Gasteiger charge is -2.28. The second-order valence-corrected chi connectivity index (χ2v) is 6.13. The van der Waals surface area contributed by atoms with E-state index < -0.39 is 0 Å². The van der Waals surface area contributed by atoms with Crippen LogP contribution in [-0.4, -0.2) is 22.2 Å². The van der Waals surface area contributed by atoms with E-state index in [1.807, 2.05) is 13.8 Å². The molecule has 4 nitrogen and oxygen atoms in total. The van der Waals surface area contributed by atoms with Crippen molar-refractivity contribution in [3.8, 4) is 5.75 Å². The van der Waals surface area contributed by atoms with Crippen molar-refractivity contribution in [3.05, 3.63) is 34.6 Å². The number of nitrogens with zero attached hydrogens (tertiary/aromatic N) is 1. The first kappa shape index (κ1) is 14.6. The number of aromatic hydroxyl groups is 1. The molecule has 0 spiro atoms. The third kappa shape index (κ3) is 3.20. The Morgan fingerprint density at radius 3 is 2.65 bits per heavy atom. The fourth-order valence-electron chi connectivity index (χ4n) is 2.18. The van der Waals surface area contributed by atoms with E-state index in [0.717, 1.165) is 0 Å². The van der Waals surface area contributed by atoms with Gasteiger partial charge in [0.25, 0.3) is 0 Å². The van der Waals surface area contributed by atoms with Gasteiger partial charge in [0, 0.05) is 24.1 Å². The van der Waals surface area contributed by atoms with Gasteiger partial charge in [-0.05, 0) is 23.6 Å². The highest BCUT2D eigenvalue weighted by atomic mass is 35.5. The molecule has 0 saturated carbocycles. The summed E-state index contributed by atoms with van der Waals surface area (Å²) < 4.78 is 0. The summed E-state index contributed by atoms with van der Waals surface area (Å²) in [6, 6.07) is 4.46. The van der Waals surface area contributed by atoms with Crippen LogP contribution in [0, 0.1) is 5.41 Å². The number of rotatable bonds is 2. The van der Waals surface area contributed by atoms with Crippen LogP contribution in [0.4, 0.5) is 5.69 Å². The largest absolute Gasteiger partial charge is 0.511 e. The SMILES string of the molecule is CC1(C)CC(=O)C(C=Nc2cc(Cl)ccc2O)=C(O)C1. The summed E-state index contributed by atoms with van der Waals surface area (Å²) in [5, 5.41) is 20.0. The van der Waals surface area contributed by atoms with Crippen molar-refractivity contribution in [2.45, 2.75) is 26.7 Å². The standard InChI is InChI=1S/C15H16ClNO3/c1-15(2)6-13(19)10(14(20)7-15)8-17-11-5-9(16)3-4-12(11)18/h3-5,8,18-19H,6-7H2,1-2H3. The molecule has 0 amide bonds. The van der Waals surface area contributed by atoms with Crippen molar-refractivity contribution in [2.24, 2.45) is 10.4 Å². The van der Waals surface area contributed by atoms with Crippen LogP contribution in [0.5, 0.6) is 5.75 Å². The van der Waals surface area contributed by atoms with E-state index in [1.54, 1.807) is 6.07 Å². The smallest absolute Gasteiger partial charge is 0.168 e. The van der Waals surface area contributed by atoms with E-state index in [-0.39, 0.29) is 34.0 Å². The van der Waals surface area contributed by atoms with Crippen LogP contribution in [0.2, 0.25) is 5.02 Å². The molecule has 0 fully saturated rings. The number of carbonyl (C=O) groups is 1. The van der Waals surface area contributed by atoms with Crippen molar-refractivity contribution in [1.29, 1.82) is 0 Å². The van der Waals surface area contributed by atoms with E-state index in [0.29, 0.717) is 17.9 Å². The number of phenolic OH excluding ortho intramolecular Hbond substituents is 1. The molecule has 20 heavy (non-hydrogen) atoms. The van der Waals surface area contributed by atoms with Gasteiger partial charge >= 0.3 is 0 Å². The zero-order valence-corrected chi connectivity index (χ0v) is 12.1. The van der Waals surface area contributed by atoms with E-state index in [1.165, 1.54) is 18.3 Å². The number of aliphatic hydroxyl groups is 1. The van der Waals surface area contributed by atoms with Gasteiger partial charge in [0.2, 0.25) is 0 Å². The summed E-state index contributed by atoms with van der Waals surface area (Å²) in [5.74, 6) is -0.144. The number of carbonyl (C=O) groups excluding carboxylic acids is 1. The maximum absolute atomic E-state index is 12.0. The van der Waals surface area contributed by atoms with Gasteiger partial charge in [0.15, 0.2) is 5.78 Å². The van der Waals surface area contributed by atoms with E-state index in [2.05, 4.69) is 4.99 Å². The summed E-state index contributed by atoms with van der Waals surface area (Å²) in [4.78, 5) is 16.0. The third-order valence-electron chi connectivity index (χ3n) is 3.17. The number of hydrogen-bond donors (Lipinski definition) is 2. The molecular weight excluding hydrogens is 278 g/mol. The Morgan fingerprint density at radius 2 is 2.00 bits per heavy atom. The number of ketones is 1. The lowest BCUT2D eigenvalue weighted by molar-refractivity contribution is -0.117. The highest BCUT2D eigenvalue weighted by molar-refractivity contribution is 6.31. The molecule has 0 bridgehead atoms. The number of aliphatic imine (C=N–C) groups is 1. The zero-order chi connectivity index (χ0) is 14.9. The minimum atomic E-state index is -0.239. The Morgan fingerprint density at radius 1 is 1.30 bits per heavy atom. The number of allylic oxidation sites excluding steroid dienone is 2. The van der Waals surface area contributed by atoms with Gasteiger partial charge in [-0.3, -0.25) is 9.79 Å². The van der Waals surface area contributed by atoms with Crippen LogP contribution in [0.15, 0.2) is 34.5 Å². The van der Waals surface area contributed by atoms with Gasteiger partial charge in [-0.25, -0.2) is 0 Å². The quantitative estimate of drug-likeness (QED) is 0.811. The summed E-state index contributed by atoms with van der Waals surface area (Å²) in [6.45, 7) is 3.86. The highest BCUT2D eigenvalue weighted by Gasteiger charge is 2.32. The lowest BCUT2D eigenvalue weighted by Crippen LogP contribution is -2.26. The average Bonchev–Trinajstić information content (AvgIpc) is 2.30. The first-order valence-corrected chi connectivity index (χ1v) is 6.64. The molecule has 2 rings (SSSR count). The minimum Gasteiger partial charge on any atom is -0.511 e. The molecule has 0 aromatic heterocycles. The van der Waals surface area contributed by atoms with Gasteiger partial charge in [-0.2, -0.15) is 0 Å². The van der Waals surface area contributed by atoms with Crippen LogP contribution in [0.25, 0.3) is 0 Å². The number of Topliss-reactive ketones (excluding diaryl/α,β-unsaturated/α-hetero) is 1. The Kier molecular flexibility index (Phi) is 3.86. The van der Waals surface area contributed by atoms with Gasteiger partial charge < -0.3 is 10.2 Å². The van der Waals surface area contributed by atoms with Crippen molar-refractivity contribution < 1.29 is 15.0 Å². The fourth-order valence-corrected chi connectivity index (χ4v) is 2.35. The normalized spacial score (nSPS) is 18.9. The van der Waals surface area contributed by atoms with E-state index >= 15 is 0 Å². The molecule has 106 valence electrons. The van der Waals surface area contributed by atoms with Crippen molar-refractivity contribution in [3.63, 3.8) is 0 Å². The topological polar surface area (TPSA) is 69.9 Å². The summed E-state index contributed by atoms with van der Waals surface area (Å²) >= 11 is 5.82. The molecule has 1 aliphatic carbocycles. The summed E-state index contributed by atoms with van der Waals surface area (Å²) in [5.41, 5.74) is 0.218. The molecule has 0 saturated heterocycles. The number of halogens is 1. The molecule has 0 heterocycles. The molecule has 5 heteroatoms. The molecule has 2 N–H and O–H groups in total. The van der Waals surface area contributed by atoms with Crippen LogP contribution >= 0.6 is 11.6 Å². The Bertz CT molecular complexity index is 618. The van der Waals surface area contributed by atoms with E-state index in [4.69, 9.17) is 11.6 Å². The predicted octanol–water partition coefficient (Wildman–Crippen LogP) is 3.95. The molecule has 0 atom stereocenters. The predicted molar refractivity (Wildman–Crippen MR) is 78.9 cm³/mol. The van der Waals surface area contributed by atoms with Gasteiger partial charge in [0.1, 0.15) is 17.2 Å². The van der Waals surface area contributed by atoms with Crippen LogP contribution < -0.4 is 0 Å². The monoisotopic (exact) mass is 293 g/mol. The second kappa shape index (κ2) is 5.29. The number of aliphatic hydroxyl groups excluding tert-OH is 1. The van der Waals surface area contributed by atoms with Gasteiger partial charge in [0.05, 0.1) is 5.57 Å². The maximum Gasteiger partial charge on any atom is 0.168 e. The Balaban J connectivity index is 2.31. The molecular formula is C15H16ClNO3. The first-order chi connectivity index (χ1) is 9.28. The van der Waals surface area contributed by atoms with Crippen molar-refractivity contribution in [2.75, 3.05) is 0 Å². The molecule has 1 aromatic carbocycles.